The van der Waals surface area contributed by atoms with E-state index in [1.807, 2.05) is 78.9 Å². The van der Waals surface area contributed by atoms with E-state index >= 15 is 0 Å². The molecule has 0 radical (unpaired) electrons. The minimum Gasteiger partial charge on any atom is -0.289 e. The topological polar surface area (TPSA) is 30.0 Å². The molecule has 5 rings (SSSR count). The summed E-state index contributed by atoms with van der Waals surface area (Å²) in [5.41, 5.74) is 5.18. The van der Waals surface area contributed by atoms with Gasteiger partial charge in [0.15, 0.2) is 5.78 Å². The molecule has 1 aliphatic carbocycles. The van der Waals surface area contributed by atoms with Crippen LogP contribution in [0.3, 0.4) is 0 Å². The molecule has 1 aliphatic rings. The van der Waals surface area contributed by atoms with E-state index in [9.17, 15) is 4.79 Å². The highest BCUT2D eigenvalue weighted by Gasteiger charge is 2.24. The number of hydrogen-bond donors (Lipinski definition) is 0. The van der Waals surface area contributed by atoms with Crippen molar-refractivity contribution in [1.29, 1.82) is 0 Å². The lowest BCUT2D eigenvalue weighted by atomic mass is 9.88. The van der Waals surface area contributed by atoms with Crippen molar-refractivity contribution in [3.05, 3.63) is 95.0 Å². The molecule has 0 fully saturated rings. The van der Waals surface area contributed by atoms with Gasteiger partial charge < -0.3 is 0 Å². The second-order valence-corrected chi connectivity index (χ2v) is 6.96. The Hall–Kier alpha value is -3.23. The molecule has 4 aromatic rings. The normalized spacial score (nSPS) is 12.6. The van der Waals surface area contributed by atoms with Crippen molar-refractivity contribution in [1.82, 2.24) is 4.98 Å². The van der Waals surface area contributed by atoms with Crippen LogP contribution in [0.4, 0.5) is 0 Å². The summed E-state index contributed by atoms with van der Waals surface area (Å²) in [6.07, 6.45) is 3.51. The lowest BCUT2D eigenvalue weighted by Crippen LogP contribution is -2.07. The summed E-state index contributed by atoms with van der Waals surface area (Å²) in [4.78, 5) is 17.8. The number of hydrogen-bond acceptors (Lipinski definition) is 2. The average molecular weight is 368 g/mol. The van der Waals surface area contributed by atoms with Crippen molar-refractivity contribution in [2.24, 2.45) is 0 Å². The number of halogens is 1. The van der Waals surface area contributed by atoms with E-state index < -0.39 is 0 Å². The SMILES string of the molecule is O=C1C=Cc2cccc3c(-c4ccccc4)nc(-c4ccc(Cl)cc4)c1c23. The van der Waals surface area contributed by atoms with Crippen LogP contribution in [-0.4, -0.2) is 10.8 Å². The Morgan fingerprint density at radius 3 is 2.22 bits per heavy atom. The number of rotatable bonds is 2. The van der Waals surface area contributed by atoms with Gasteiger partial charge in [-0.2, -0.15) is 0 Å². The number of aromatic nitrogens is 1. The smallest absolute Gasteiger partial charge is 0.188 e. The molecular formula is C24H14ClNO. The fraction of sp³-hybridized carbons (Fsp3) is 0. The lowest BCUT2D eigenvalue weighted by molar-refractivity contribution is 0.104. The molecule has 0 saturated carbocycles. The molecule has 0 spiro atoms. The summed E-state index contributed by atoms with van der Waals surface area (Å²) in [6.45, 7) is 0. The van der Waals surface area contributed by atoms with Crippen molar-refractivity contribution in [2.45, 2.75) is 0 Å². The van der Waals surface area contributed by atoms with E-state index in [1.54, 1.807) is 6.08 Å². The molecule has 1 heterocycles. The molecule has 0 unspecified atom stereocenters. The van der Waals surface area contributed by atoms with E-state index in [0.29, 0.717) is 16.3 Å². The molecule has 0 saturated heterocycles. The maximum absolute atomic E-state index is 12.8. The standard InChI is InChI=1S/C24H14ClNO/c25-18-12-9-17(10-13-18)24-22-20(27)14-11-15-7-4-8-19(21(15)22)23(26-24)16-5-2-1-3-6-16/h1-14H. The number of benzene rings is 3. The van der Waals surface area contributed by atoms with E-state index in [1.165, 1.54) is 0 Å². The minimum atomic E-state index is -0.0178. The van der Waals surface area contributed by atoms with E-state index in [4.69, 9.17) is 16.6 Å². The van der Waals surface area contributed by atoms with Crippen molar-refractivity contribution < 1.29 is 4.79 Å². The largest absolute Gasteiger partial charge is 0.289 e. The zero-order chi connectivity index (χ0) is 18.4. The highest BCUT2D eigenvalue weighted by atomic mass is 35.5. The second-order valence-electron chi connectivity index (χ2n) is 6.52. The van der Waals surface area contributed by atoms with E-state index in [-0.39, 0.29) is 5.78 Å². The van der Waals surface area contributed by atoms with Crippen LogP contribution in [0.5, 0.6) is 0 Å². The Kier molecular flexibility index (Phi) is 3.66. The molecule has 128 valence electrons. The summed E-state index contributed by atoms with van der Waals surface area (Å²) in [7, 11) is 0. The maximum Gasteiger partial charge on any atom is 0.188 e. The van der Waals surface area contributed by atoms with Gasteiger partial charge in [0.2, 0.25) is 0 Å². The van der Waals surface area contributed by atoms with E-state index in [0.717, 1.165) is 33.2 Å². The van der Waals surface area contributed by atoms with Gasteiger partial charge in [0, 0.05) is 26.9 Å². The Morgan fingerprint density at radius 2 is 1.44 bits per heavy atom. The quantitative estimate of drug-likeness (QED) is 0.408. The van der Waals surface area contributed by atoms with Crippen LogP contribution < -0.4 is 0 Å². The zero-order valence-electron chi connectivity index (χ0n) is 14.3. The first-order valence-electron chi connectivity index (χ1n) is 8.73. The molecule has 0 aliphatic heterocycles. The molecule has 0 atom stereocenters. The third kappa shape index (κ3) is 2.57. The van der Waals surface area contributed by atoms with Gasteiger partial charge in [0.05, 0.1) is 17.0 Å². The molecule has 2 nitrogen and oxygen atoms in total. The van der Waals surface area contributed by atoms with Crippen LogP contribution in [-0.2, 0) is 0 Å². The number of ketones is 1. The zero-order valence-corrected chi connectivity index (χ0v) is 15.1. The van der Waals surface area contributed by atoms with Crippen LogP contribution in [0.1, 0.15) is 15.9 Å². The minimum absolute atomic E-state index is 0.0178. The molecule has 0 N–H and O–H groups in total. The van der Waals surface area contributed by atoms with Crippen LogP contribution in [0.15, 0.2) is 78.9 Å². The molecular weight excluding hydrogens is 354 g/mol. The summed E-state index contributed by atoms with van der Waals surface area (Å²) in [5, 5.41) is 2.61. The van der Waals surface area contributed by atoms with Crippen LogP contribution >= 0.6 is 11.6 Å². The Labute approximate surface area is 161 Å². The van der Waals surface area contributed by atoms with Gasteiger partial charge in [-0.15, -0.1) is 0 Å². The third-order valence-electron chi connectivity index (χ3n) is 4.89. The number of nitrogens with zero attached hydrogens (tertiary/aromatic N) is 1. The van der Waals surface area contributed by atoms with Crippen LogP contribution in [0.2, 0.25) is 5.02 Å². The van der Waals surface area contributed by atoms with Crippen LogP contribution in [0.25, 0.3) is 39.4 Å². The number of pyridine rings is 1. The van der Waals surface area contributed by atoms with Crippen molar-refractivity contribution >= 4 is 34.2 Å². The first-order valence-corrected chi connectivity index (χ1v) is 9.11. The fourth-order valence-electron chi connectivity index (χ4n) is 3.65. The predicted molar refractivity (Wildman–Crippen MR) is 111 cm³/mol. The van der Waals surface area contributed by atoms with Crippen LogP contribution in [0, 0.1) is 0 Å². The van der Waals surface area contributed by atoms with E-state index in [2.05, 4.69) is 0 Å². The van der Waals surface area contributed by atoms with Crippen molar-refractivity contribution in [3.8, 4) is 22.5 Å². The second kappa shape index (κ2) is 6.19. The first kappa shape index (κ1) is 16.0. The van der Waals surface area contributed by atoms with Gasteiger partial charge in [-0.25, -0.2) is 4.98 Å². The number of carbonyl (C=O) groups excluding carboxylic acids is 1. The summed E-state index contributed by atoms with van der Waals surface area (Å²) < 4.78 is 0. The number of allylic oxidation sites excluding steroid dienone is 1. The number of carbonyl (C=O) groups is 1. The predicted octanol–water partition coefficient (Wildman–Crippen LogP) is 6.43. The van der Waals surface area contributed by atoms with Crippen molar-refractivity contribution in [3.63, 3.8) is 0 Å². The lowest BCUT2D eigenvalue weighted by Gasteiger charge is -2.18. The Balaban J connectivity index is 1.94. The monoisotopic (exact) mass is 367 g/mol. The summed E-state index contributed by atoms with van der Waals surface area (Å²) in [5.74, 6) is -0.0178. The molecule has 27 heavy (non-hydrogen) atoms. The van der Waals surface area contributed by atoms with Gasteiger partial charge in [-0.05, 0) is 23.8 Å². The Bertz CT molecular complexity index is 1220. The van der Waals surface area contributed by atoms with Gasteiger partial charge in [-0.3, -0.25) is 4.79 Å². The van der Waals surface area contributed by atoms with Gasteiger partial charge in [0.1, 0.15) is 0 Å². The molecule has 3 heteroatoms. The highest BCUT2D eigenvalue weighted by Crippen LogP contribution is 2.39. The first-order chi connectivity index (χ1) is 13.2. The molecule has 0 bridgehead atoms. The molecule has 3 aromatic carbocycles. The van der Waals surface area contributed by atoms with Gasteiger partial charge >= 0.3 is 0 Å². The highest BCUT2D eigenvalue weighted by molar-refractivity contribution is 6.30. The third-order valence-corrected chi connectivity index (χ3v) is 5.14. The summed E-state index contributed by atoms with van der Waals surface area (Å²) in [6, 6.07) is 23.6. The van der Waals surface area contributed by atoms with Crippen molar-refractivity contribution in [2.75, 3.05) is 0 Å². The molecule has 0 amide bonds. The average Bonchev–Trinajstić information content (AvgIpc) is 2.72. The summed E-state index contributed by atoms with van der Waals surface area (Å²) >= 11 is 6.06. The molecule has 1 aromatic heterocycles. The van der Waals surface area contributed by atoms with Gasteiger partial charge in [-0.1, -0.05) is 78.3 Å². The Morgan fingerprint density at radius 1 is 0.704 bits per heavy atom. The fourth-order valence-corrected chi connectivity index (χ4v) is 3.78. The maximum atomic E-state index is 12.8. The van der Waals surface area contributed by atoms with Gasteiger partial charge in [0.25, 0.3) is 0 Å².